The number of rotatable bonds is 5. The lowest BCUT2D eigenvalue weighted by molar-refractivity contribution is 0.0298. The molecule has 1 atom stereocenters. The van der Waals surface area contributed by atoms with Crippen molar-refractivity contribution in [1.82, 2.24) is 0 Å². The largest absolute Gasteiger partial charge is 0.489 e. The van der Waals surface area contributed by atoms with Gasteiger partial charge in [0.2, 0.25) is 0 Å². The molecule has 110 valence electrons. The van der Waals surface area contributed by atoms with Gasteiger partial charge in [-0.25, -0.2) is 4.39 Å². The first kappa shape index (κ1) is 14.1. The zero-order valence-electron chi connectivity index (χ0n) is 12.1. The molecule has 2 aromatic rings. The van der Waals surface area contributed by atoms with Gasteiger partial charge >= 0.3 is 0 Å². The van der Waals surface area contributed by atoms with Crippen LogP contribution in [0.5, 0.6) is 5.75 Å². The molecule has 0 radical (unpaired) electrons. The zero-order valence-corrected chi connectivity index (χ0v) is 12.1. The third-order valence-corrected chi connectivity index (χ3v) is 4.11. The number of aliphatic hydroxyl groups is 1. The Morgan fingerprint density at radius 2 is 1.81 bits per heavy atom. The summed E-state index contributed by atoms with van der Waals surface area (Å²) in [5.74, 6) is 0.752. The summed E-state index contributed by atoms with van der Waals surface area (Å²) in [6.07, 6.45) is 2.11. The molecule has 1 aliphatic rings. The minimum absolute atomic E-state index is 0.254. The summed E-state index contributed by atoms with van der Waals surface area (Å²) < 4.78 is 18.7. The van der Waals surface area contributed by atoms with Crippen LogP contribution in [0, 0.1) is 11.7 Å². The first-order valence-corrected chi connectivity index (χ1v) is 7.26. The molecule has 0 aliphatic heterocycles. The molecule has 0 bridgehead atoms. The second kappa shape index (κ2) is 5.49. The monoisotopic (exact) mass is 286 g/mol. The fraction of sp³-hybridized carbons (Fsp3) is 0.333. The third-order valence-electron chi connectivity index (χ3n) is 4.11. The van der Waals surface area contributed by atoms with Crippen LogP contribution in [0.25, 0.3) is 0 Å². The van der Waals surface area contributed by atoms with Crippen LogP contribution in [0.15, 0.2) is 48.5 Å². The number of halogens is 1. The van der Waals surface area contributed by atoms with Crippen molar-refractivity contribution >= 4 is 0 Å². The van der Waals surface area contributed by atoms with Gasteiger partial charge in [-0.3, -0.25) is 0 Å². The van der Waals surface area contributed by atoms with E-state index in [1.165, 1.54) is 12.1 Å². The Kier molecular flexibility index (Phi) is 3.68. The smallest absolute Gasteiger partial charge is 0.125 e. The molecule has 2 nitrogen and oxygen atoms in total. The van der Waals surface area contributed by atoms with Gasteiger partial charge < -0.3 is 9.84 Å². The molecule has 0 aromatic heterocycles. The van der Waals surface area contributed by atoms with Gasteiger partial charge in [-0.05, 0) is 49.4 Å². The molecule has 21 heavy (non-hydrogen) atoms. The molecule has 0 amide bonds. The number of benzene rings is 2. The Labute approximate surface area is 124 Å². The van der Waals surface area contributed by atoms with Gasteiger partial charge in [-0.2, -0.15) is 0 Å². The predicted octanol–water partition coefficient (Wildman–Crippen LogP) is 4.02. The van der Waals surface area contributed by atoms with Gasteiger partial charge in [0.25, 0.3) is 0 Å². The second-order valence-corrected chi connectivity index (χ2v) is 5.83. The first-order chi connectivity index (χ1) is 10.1. The quantitative estimate of drug-likeness (QED) is 0.899. The molecule has 1 fully saturated rings. The van der Waals surface area contributed by atoms with Crippen LogP contribution in [0.1, 0.15) is 30.9 Å². The van der Waals surface area contributed by atoms with Gasteiger partial charge in [0, 0.05) is 5.56 Å². The summed E-state index contributed by atoms with van der Waals surface area (Å²) in [5.41, 5.74) is 0.881. The molecule has 3 heteroatoms. The number of para-hydroxylation sites is 1. The molecule has 0 spiro atoms. The maximum absolute atomic E-state index is 12.9. The van der Waals surface area contributed by atoms with E-state index in [0.29, 0.717) is 18.3 Å². The van der Waals surface area contributed by atoms with E-state index >= 15 is 0 Å². The van der Waals surface area contributed by atoms with Crippen LogP contribution >= 0.6 is 0 Å². The van der Waals surface area contributed by atoms with Crippen LogP contribution < -0.4 is 4.74 Å². The van der Waals surface area contributed by atoms with Gasteiger partial charge in [0.1, 0.15) is 18.2 Å². The molecule has 1 N–H and O–H groups in total. The fourth-order valence-electron chi connectivity index (χ4n) is 2.62. The normalized spacial score (nSPS) is 17.3. The maximum atomic E-state index is 12.9. The van der Waals surface area contributed by atoms with E-state index in [9.17, 15) is 9.50 Å². The molecule has 1 unspecified atom stereocenters. The van der Waals surface area contributed by atoms with E-state index in [2.05, 4.69) is 0 Å². The van der Waals surface area contributed by atoms with Crippen molar-refractivity contribution in [2.75, 3.05) is 0 Å². The van der Waals surface area contributed by atoms with Crippen molar-refractivity contribution in [3.8, 4) is 5.75 Å². The molecular weight excluding hydrogens is 267 g/mol. The van der Waals surface area contributed by atoms with Crippen molar-refractivity contribution in [1.29, 1.82) is 0 Å². The van der Waals surface area contributed by atoms with E-state index in [-0.39, 0.29) is 5.82 Å². The zero-order chi connectivity index (χ0) is 14.9. The van der Waals surface area contributed by atoms with E-state index in [1.807, 2.05) is 31.2 Å². The highest BCUT2D eigenvalue weighted by Gasteiger charge is 2.42. The van der Waals surface area contributed by atoms with E-state index in [0.717, 1.165) is 24.0 Å². The summed E-state index contributed by atoms with van der Waals surface area (Å²) >= 11 is 0. The lowest BCUT2D eigenvalue weighted by atomic mass is 9.90. The lowest BCUT2D eigenvalue weighted by Crippen LogP contribution is -2.24. The summed E-state index contributed by atoms with van der Waals surface area (Å²) in [4.78, 5) is 0. The predicted molar refractivity (Wildman–Crippen MR) is 79.5 cm³/mol. The number of ether oxygens (including phenoxy) is 1. The Hall–Kier alpha value is -1.87. The van der Waals surface area contributed by atoms with Crippen molar-refractivity contribution in [2.24, 2.45) is 5.92 Å². The molecule has 3 rings (SSSR count). The lowest BCUT2D eigenvalue weighted by Gasteiger charge is -2.26. The Balaban J connectivity index is 1.78. The molecular formula is C18H19FO2. The first-order valence-electron chi connectivity index (χ1n) is 7.26. The molecule has 1 saturated carbocycles. The third kappa shape index (κ3) is 3.08. The Bertz CT molecular complexity index is 615. The second-order valence-electron chi connectivity index (χ2n) is 5.83. The van der Waals surface area contributed by atoms with E-state index < -0.39 is 5.60 Å². The summed E-state index contributed by atoms with van der Waals surface area (Å²) in [6.45, 7) is 2.21. The summed E-state index contributed by atoms with van der Waals surface area (Å²) in [5, 5.41) is 10.7. The van der Waals surface area contributed by atoms with Crippen LogP contribution in [0.4, 0.5) is 4.39 Å². The van der Waals surface area contributed by atoms with Crippen LogP contribution in [-0.4, -0.2) is 5.11 Å². The van der Waals surface area contributed by atoms with Gasteiger partial charge in [-0.1, -0.05) is 30.3 Å². The average Bonchev–Trinajstić information content (AvgIpc) is 3.32. The highest BCUT2D eigenvalue weighted by molar-refractivity contribution is 5.39. The number of hydrogen-bond donors (Lipinski definition) is 1. The SMILES string of the molecule is CC(O)(c1ccccc1OCc1ccc(F)cc1)C1CC1. The fourth-order valence-corrected chi connectivity index (χ4v) is 2.62. The standard InChI is InChI=1S/C18H19FO2/c1-18(20,14-8-9-14)16-4-2-3-5-17(16)21-12-13-6-10-15(19)11-7-13/h2-7,10-11,14,20H,8-9,12H2,1H3. The Morgan fingerprint density at radius 1 is 1.14 bits per heavy atom. The molecule has 0 saturated heterocycles. The van der Waals surface area contributed by atoms with E-state index in [4.69, 9.17) is 4.74 Å². The van der Waals surface area contributed by atoms with Crippen molar-refractivity contribution < 1.29 is 14.2 Å². The molecule has 1 aliphatic carbocycles. The summed E-state index contributed by atoms with van der Waals surface area (Å²) in [6, 6.07) is 13.8. The van der Waals surface area contributed by atoms with Gasteiger partial charge in [0.15, 0.2) is 0 Å². The maximum Gasteiger partial charge on any atom is 0.125 e. The van der Waals surface area contributed by atoms with Crippen LogP contribution in [0.2, 0.25) is 0 Å². The minimum Gasteiger partial charge on any atom is -0.489 e. The van der Waals surface area contributed by atoms with E-state index in [1.54, 1.807) is 12.1 Å². The summed E-state index contributed by atoms with van der Waals surface area (Å²) in [7, 11) is 0. The Morgan fingerprint density at radius 3 is 2.48 bits per heavy atom. The van der Waals surface area contributed by atoms with Crippen molar-refractivity contribution in [3.63, 3.8) is 0 Å². The molecule has 2 aromatic carbocycles. The minimum atomic E-state index is -0.848. The van der Waals surface area contributed by atoms with Crippen molar-refractivity contribution in [2.45, 2.75) is 32.0 Å². The number of hydrogen-bond acceptors (Lipinski definition) is 2. The highest BCUT2D eigenvalue weighted by atomic mass is 19.1. The van der Waals surface area contributed by atoms with Crippen LogP contribution in [-0.2, 0) is 12.2 Å². The topological polar surface area (TPSA) is 29.5 Å². The van der Waals surface area contributed by atoms with Gasteiger partial charge in [-0.15, -0.1) is 0 Å². The highest BCUT2D eigenvalue weighted by Crippen LogP contribution is 2.47. The van der Waals surface area contributed by atoms with Crippen molar-refractivity contribution in [3.05, 3.63) is 65.5 Å². The molecule has 0 heterocycles. The van der Waals surface area contributed by atoms with Gasteiger partial charge in [0.05, 0.1) is 5.60 Å². The van der Waals surface area contributed by atoms with Crippen LogP contribution in [0.3, 0.4) is 0 Å². The average molecular weight is 286 g/mol.